The Morgan fingerprint density at radius 1 is 0.889 bits per heavy atom. The van der Waals surface area contributed by atoms with Crippen LogP contribution in [-0.4, -0.2) is 11.9 Å². The molecule has 0 aliphatic rings. The van der Waals surface area contributed by atoms with Crippen LogP contribution in [0.1, 0.15) is 11.1 Å². The molecule has 0 N–H and O–H groups in total. The quantitative estimate of drug-likeness (QED) is 0.785. The molecule has 2 aromatic carbocycles. The van der Waals surface area contributed by atoms with Crippen LogP contribution in [0.4, 0.5) is 0 Å². The Kier molecular flexibility index (Phi) is 4.81. The highest BCUT2D eigenvalue weighted by Crippen LogP contribution is 2.14. The molecule has 0 saturated carbocycles. The Hall–Kier alpha value is -0.830. The van der Waals surface area contributed by atoms with Crippen LogP contribution in [-0.2, 0) is 13.1 Å². The van der Waals surface area contributed by atoms with E-state index in [1.54, 1.807) is 0 Å². The summed E-state index contributed by atoms with van der Waals surface area (Å²) in [6, 6.07) is 16.4. The van der Waals surface area contributed by atoms with Crippen molar-refractivity contribution in [3.63, 3.8) is 0 Å². The van der Waals surface area contributed by atoms with E-state index in [4.69, 9.17) is 11.6 Å². The normalized spacial score (nSPS) is 10.9. The number of hydrogen-bond acceptors (Lipinski definition) is 1. The summed E-state index contributed by atoms with van der Waals surface area (Å²) in [4.78, 5) is 2.28. The van der Waals surface area contributed by atoms with Gasteiger partial charge in [-0.3, -0.25) is 4.90 Å². The van der Waals surface area contributed by atoms with Crippen LogP contribution in [0.3, 0.4) is 0 Å². The summed E-state index contributed by atoms with van der Waals surface area (Å²) in [5.41, 5.74) is 2.59. The van der Waals surface area contributed by atoms with E-state index in [1.165, 1.54) is 11.1 Å². The molecule has 3 heteroatoms. The predicted molar refractivity (Wildman–Crippen MR) is 80.8 cm³/mol. The molecule has 94 valence electrons. The maximum atomic E-state index is 5.87. The Morgan fingerprint density at radius 3 is 1.83 bits per heavy atom. The van der Waals surface area contributed by atoms with E-state index >= 15 is 0 Å². The molecule has 0 atom stereocenters. The van der Waals surface area contributed by atoms with E-state index in [-0.39, 0.29) is 0 Å². The van der Waals surface area contributed by atoms with Gasteiger partial charge in [-0.25, -0.2) is 0 Å². The van der Waals surface area contributed by atoms with Crippen molar-refractivity contribution in [2.45, 2.75) is 13.1 Å². The van der Waals surface area contributed by atoms with E-state index < -0.39 is 0 Å². The van der Waals surface area contributed by atoms with Gasteiger partial charge in [0.05, 0.1) is 0 Å². The van der Waals surface area contributed by atoms with Gasteiger partial charge in [0.15, 0.2) is 0 Å². The summed E-state index contributed by atoms with van der Waals surface area (Å²) in [5.74, 6) is 0. The van der Waals surface area contributed by atoms with Gasteiger partial charge < -0.3 is 0 Å². The van der Waals surface area contributed by atoms with Gasteiger partial charge in [-0.2, -0.15) is 0 Å². The summed E-state index contributed by atoms with van der Waals surface area (Å²) in [5, 5.41) is 0.786. The number of rotatable bonds is 4. The molecule has 0 amide bonds. The van der Waals surface area contributed by atoms with E-state index in [0.717, 1.165) is 22.6 Å². The molecule has 0 aliphatic carbocycles. The molecule has 0 bridgehead atoms. The third kappa shape index (κ3) is 4.13. The third-order valence-corrected chi connectivity index (χ3v) is 3.51. The minimum Gasteiger partial charge on any atom is -0.298 e. The Labute approximate surface area is 122 Å². The Balaban J connectivity index is 1.94. The first-order chi connectivity index (χ1) is 8.63. The van der Waals surface area contributed by atoms with Crippen LogP contribution in [0.5, 0.6) is 0 Å². The zero-order valence-corrected chi connectivity index (χ0v) is 12.6. The van der Waals surface area contributed by atoms with Crippen LogP contribution < -0.4 is 0 Å². The highest BCUT2D eigenvalue weighted by Gasteiger charge is 2.02. The van der Waals surface area contributed by atoms with Crippen molar-refractivity contribution in [3.05, 3.63) is 69.2 Å². The lowest BCUT2D eigenvalue weighted by atomic mass is 10.2. The lowest BCUT2D eigenvalue weighted by molar-refractivity contribution is 0.319. The lowest BCUT2D eigenvalue weighted by Crippen LogP contribution is -2.17. The van der Waals surface area contributed by atoms with Gasteiger partial charge in [0.25, 0.3) is 0 Å². The molecule has 2 rings (SSSR count). The zero-order valence-electron chi connectivity index (χ0n) is 10.2. The third-order valence-electron chi connectivity index (χ3n) is 2.73. The second-order valence-corrected chi connectivity index (χ2v) is 5.78. The summed E-state index contributed by atoms with van der Waals surface area (Å²) in [6.07, 6.45) is 0. The van der Waals surface area contributed by atoms with Crippen molar-refractivity contribution in [2.24, 2.45) is 0 Å². The smallest absolute Gasteiger partial charge is 0.0406 e. The minimum atomic E-state index is 0.786. The van der Waals surface area contributed by atoms with Crippen molar-refractivity contribution in [2.75, 3.05) is 7.05 Å². The Morgan fingerprint density at radius 2 is 1.33 bits per heavy atom. The average molecular weight is 325 g/mol. The Bertz CT molecular complexity index is 445. The van der Waals surface area contributed by atoms with Gasteiger partial charge in [0, 0.05) is 22.6 Å². The van der Waals surface area contributed by atoms with Gasteiger partial charge in [-0.05, 0) is 42.4 Å². The summed E-state index contributed by atoms with van der Waals surface area (Å²) >= 11 is 9.32. The summed E-state index contributed by atoms with van der Waals surface area (Å²) in [6.45, 7) is 1.86. The van der Waals surface area contributed by atoms with Crippen molar-refractivity contribution in [3.8, 4) is 0 Å². The average Bonchev–Trinajstić information content (AvgIpc) is 2.35. The first-order valence-corrected chi connectivity index (χ1v) is 6.98. The monoisotopic (exact) mass is 323 g/mol. The molecule has 0 heterocycles. The molecular weight excluding hydrogens is 310 g/mol. The molecule has 18 heavy (non-hydrogen) atoms. The maximum Gasteiger partial charge on any atom is 0.0406 e. The predicted octanol–water partition coefficient (Wildman–Crippen LogP) is 4.73. The largest absolute Gasteiger partial charge is 0.298 e. The highest BCUT2D eigenvalue weighted by molar-refractivity contribution is 9.10. The molecule has 1 nitrogen and oxygen atoms in total. The zero-order chi connectivity index (χ0) is 13.0. The van der Waals surface area contributed by atoms with Gasteiger partial charge in [0.2, 0.25) is 0 Å². The van der Waals surface area contributed by atoms with Crippen molar-refractivity contribution in [1.29, 1.82) is 0 Å². The molecular formula is C15H15BrClN. The van der Waals surface area contributed by atoms with Gasteiger partial charge >= 0.3 is 0 Å². The van der Waals surface area contributed by atoms with Gasteiger partial charge in [-0.1, -0.05) is 51.8 Å². The van der Waals surface area contributed by atoms with Crippen molar-refractivity contribution in [1.82, 2.24) is 4.90 Å². The van der Waals surface area contributed by atoms with Crippen LogP contribution >= 0.6 is 27.5 Å². The fourth-order valence-electron chi connectivity index (χ4n) is 1.86. The summed E-state index contributed by atoms with van der Waals surface area (Å²) < 4.78 is 1.12. The second kappa shape index (κ2) is 6.37. The fraction of sp³-hybridized carbons (Fsp3) is 0.200. The fourth-order valence-corrected chi connectivity index (χ4v) is 2.25. The van der Waals surface area contributed by atoms with Crippen LogP contribution in [0.15, 0.2) is 53.0 Å². The van der Waals surface area contributed by atoms with Gasteiger partial charge in [0.1, 0.15) is 0 Å². The molecule has 0 spiro atoms. The van der Waals surface area contributed by atoms with Crippen LogP contribution in [0, 0.1) is 0 Å². The highest BCUT2D eigenvalue weighted by atomic mass is 79.9. The number of nitrogens with zero attached hydrogens (tertiary/aromatic N) is 1. The second-order valence-electron chi connectivity index (χ2n) is 4.43. The van der Waals surface area contributed by atoms with E-state index in [2.05, 4.69) is 64.3 Å². The molecule has 2 aromatic rings. The molecule has 0 aromatic heterocycles. The van der Waals surface area contributed by atoms with Gasteiger partial charge in [-0.15, -0.1) is 0 Å². The number of hydrogen-bond donors (Lipinski definition) is 0. The topological polar surface area (TPSA) is 3.24 Å². The summed E-state index contributed by atoms with van der Waals surface area (Å²) in [7, 11) is 2.12. The van der Waals surface area contributed by atoms with E-state index in [0.29, 0.717) is 0 Å². The van der Waals surface area contributed by atoms with E-state index in [9.17, 15) is 0 Å². The van der Waals surface area contributed by atoms with Crippen molar-refractivity contribution >= 4 is 27.5 Å². The van der Waals surface area contributed by atoms with E-state index in [1.807, 2.05) is 12.1 Å². The van der Waals surface area contributed by atoms with Crippen LogP contribution in [0.2, 0.25) is 5.02 Å². The molecule has 0 radical (unpaired) electrons. The lowest BCUT2D eigenvalue weighted by Gasteiger charge is -2.17. The molecule has 0 fully saturated rings. The number of benzene rings is 2. The number of halogens is 2. The van der Waals surface area contributed by atoms with Crippen LogP contribution in [0.25, 0.3) is 0 Å². The van der Waals surface area contributed by atoms with Crippen molar-refractivity contribution < 1.29 is 0 Å². The minimum absolute atomic E-state index is 0.786. The first kappa shape index (κ1) is 13.6. The molecule has 0 saturated heterocycles. The maximum absolute atomic E-state index is 5.87. The molecule has 0 unspecified atom stereocenters. The molecule has 0 aliphatic heterocycles. The SMILES string of the molecule is CN(Cc1ccc(Cl)cc1)Cc1ccc(Br)cc1. The standard InChI is InChI=1S/C15H15BrClN/c1-18(10-12-2-6-14(16)7-3-12)11-13-4-8-15(17)9-5-13/h2-9H,10-11H2,1H3. The first-order valence-electron chi connectivity index (χ1n) is 5.81.